The number of hydrogen-bond donors (Lipinski definition) is 1. The fraction of sp³-hybridized carbons (Fsp3) is 0.909. The normalized spacial score (nSPS) is 25.9. The van der Waals surface area contributed by atoms with Crippen LogP contribution in [0.1, 0.15) is 40.5 Å². The summed E-state index contributed by atoms with van der Waals surface area (Å²) >= 11 is 0. The van der Waals surface area contributed by atoms with Crippen molar-refractivity contribution < 1.29 is 9.53 Å². The predicted molar refractivity (Wildman–Crippen MR) is 66.9 cm³/mol. The van der Waals surface area contributed by atoms with E-state index >= 15 is 0 Å². The van der Waals surface area contributed by atoms with Crippen LogP contribution >= 0.6 is 12.4 Å². The SMILES string of the molecule is CC1CC(N)CCN1C(=O)OC(C)(C)C.Cl. The number of rotatable bonds is 0. The van der Waals surface area contributed by atoms with Crippen LogP contribution in [0.5, 0.6) is 0 Å². The maximum Gasteiger partial charge on any atom is 0.410 e. The van der Waals surface area contributed by atoms with E-state index in [9.17, 15) is 4.79 Å². The van der Waals surface area contributed by atoms with Gasteiger partial charge >= 0.3 is 6.09 Å². The number of carbonyl (C=O) groups excluding carboxylic acids is 1. The molecule has 1 fully saturated rings. The standard InChI is InChI=1S/C11H22N2O2.ClH/c1-8-7-9(12)5-6-13(8)10(14)15-11(2,3)4;/h8-9H,5-7,12H2,1-4H3;1H. The Morgan fingerprint density at radius 3 is 2.44 bits per heavy atom. The molecule has 0 aromatic carbocycles. The monoisotopic (exact) mass is 250 g/mol. The molecule has 5 heteroatoms. The molecule has 16 heavy (non-hydrogen) atoms. The number of amides is 1. The quantitative estimate of drug-likeness (QED) is 0.717. The van der Waals surface area contributed by atoms with Gasteiger partial charge in [0.2, 0.25) is 0 Å². The summed E-state index contributed by atoms with van der Waals surface area (Å²) in [7, 11) is 0. The second-order valence-corrected chi connectivity index (χ2v) is 5.31. The number of halogens is 1. The van der Waals surface area contributed by atoms with Gasteiger partial charge in [-0.3, -0.25) is 0 Å². The lowest BCUT2D eigenvalue weighted by Crippen LogP contribution is -2.49. The van der Waals surface area contributed by atoms with Crippen molar-refractivity contribution in [2.75, 3.05) is 6.54 Å². The largest absolute Gasteiger partial charge is 0.444 e. The van der Waals surface area contributed by atoms with E-state index in [1.807, 2.05) is 27.7 Å². The van der Waals surface area contributed by atoms with Crippen LogP contribution in [-0.2, 0) is 4.74 Å². The number of nitrogens with two attached hydrogens (primary N) is 1. The molecule has 0 aromatic rings. The lowest BCUT2D eigenvalue weighted by Gasteiger charge is -2.37. The fourth-order valence-corrected chi connectivity index (χ4v) is 1.80. The molecule has 0 spiro atoms. The number of nitrogens with zero attached hydrogens (tertiary/aromatic N) is 1. The molecule has 1 heterocycles. The fourth-order valence-electron chi connectivity index (χ4n) is 1.80. The first-order chi connectivity index (χ1) is 6.79. The highest BCUT2D eigenvalue weighted by Crippen LogP contribution is 2.19. The van der Waals surface area contributed by atoms with Crippen molar-refractivity contribution in [1.29, 1.82) is 0 Å². The van der Waals surface area contributed by atoms with Gasteiger partial charge in [-0.2, -0.15) is 0 Å². The van der Waals surface area contributed by atoms with Crippen LogP contribution in [0.4, 0.5) is 4.79 Å². The highest BCUT2D eigenvalue weighted by Gasteiger charge is 2.30. The summed E-state index contributed by atoms with van der Waals surface area (Å²) in [6.45, 7) is 8.36. The molecule has 96 valence electrons. The Morgan fingerprint density at radius 1 is 1.44 bits per heavy atom. The van der Waals surface area contributed by atoms with Gasteiger partial charge < -0.3 is 15.4 Å². The van der Waals surface area contributed by atoms with Crippen LogP contribution in [0.3, 0.4) is 0 Å². The molecule has 1 amide bonds. The van der Waals surface area contributed by atoms with Crippen molar-refractivity contribution in [3.8, 4) is 0 Å². The van der Waals surface area contributed by atoms with Gasteiger partial charge in [0.05, 0.1) is 0 Å². The molecule has 2 unspecified atom stereocenters. The Morgan fingerprint density at radius 2 is 2.00 bits per heavy atom. The highest BCUT2D eigenvalue weighted by atomic mass is 35.5. The van der Waals surface area contributed by atoms with Gasteiger partial charge in [0.25, 0.3) is 0 Å². The summed E-state index contributed by atoms with van der Waals surface area (Å²) < 4.78 is 5.33. The average molecular weight is 251 g/mol. The molecule has 2 atom stereocenters. The minimum absolute atomic E-state index is 0. The van der Waals surface area contributed by atoms with E-state index in [-0.39, 0.29) is 30.6 Å². The predicted octanol–water partition coefficient (Wildman–Crippen LogP) is 2.15. The van der Waals surface area contributed by atoms with E-state index in [1.165, 1.54) is 0 Å². The number of ether oxygens (including phenoxy) is 1. The van der Waals surface area contributed by atoms with E-state index in [4.69, 9.17) is 10.5 Å². The van der Waals surface area contributed by atoms with Crippen molar-refractivity contribution in [2.45, 2.75) is 58.2 Å². The van der Waals surface area contributed by atoms with Crippen molar-refractivity contribution in [3.63, 3.8) is 0 Å². The van der Waals surface area contributed by atoms with E-state index in [1.54, 1.807) is 4.90 Å². The molecule has 0 aromatic heterocycles. The number of hydrogen-bond acceptors (Lipinski definition) is 3. The second-order valence-electron chi connectivity index (χ2n) is 5.31. The Bertz CT molecular complexity index is 241. The zero-order valence-electron chi connectivity index (χ0n) is 10.5. The first-order valence-corrected chi connectivity index (χ1v) is 5.55. The van der Waals surface area contributed by atoms with Crippen LogP contribution in [0, 0.1) is 0 Å². The van der Waals surface area contributed by atoms with E-state index in [2.05, 4.69) is 0 Å². The van der Waals surface area contributed by atoms with E-state index < -0.39 is 5.60 Å². The Kier molecular flexibility index (Phi) is 5.56. The minimum atomic E-state index is -0.420. The van der Waals surface area contributed by atoms with Gasteiger partial charge in [0.15, 0.2) is 0 Å². The molecule has 0 radical (unpaired) electrons. The number of piperidine rings is 1. The molecule has 2 N–H and O–H groups in total. The summed E-state index contributed by atoms with van der Waals surface area (Å²) in [5.41, 5.74) is 5.42. The van der Waals surface area contributed by atoms with Crippen LogP contribution in [-0.4, -0.2) is 35.2 Å². The Labute approximate surface area is 104 Å². The molecule has 1 aliphatic rings. The third kappa shape index (κ3) is 4.58. The van der Waals surface area contributed by atoms with Crippen LogP contribution in [0.15, 0.2) is 0 Å². The molecule has 0 bridgehead atoms. The van der Waals surface area contributed by atoms with Crippen LogP contribution < -0.4 is 5.73 Å². The summed E-state index contributed by atoms with van der Waals surface area (Å²) in [5.74, 6) is 0. The molecular formula is C11H23ClN2O2. The average Bonchev–Trinajstić information content (AvgIpc) is 1.99. The van der Waals surface area contributed by atoms with Gasteiger partial charge in [-0.05, 0) is 40.5 Å². The zero-order valence-corrected chi connectivity index (χ0v) is 11.3. The maximum atomic E-state index is 11.8. The van der Waals surface area contributed by atoms with E-state index in [0.29, 0.717) is 6.54 Å². The lowest BCUT2D eigenvalue weighted by molar-refractivity contribution is 0.0107. The van der Waals surface area contributed by atoms with Crippen molar-refractivity contribution in [3.05, 3.63) is 0 Å². The highest BCUT2D eigenvalue weighted by molar-refractivity contribution is 5.85. The van der Waals surface area contributed by atoms with Gasteiger partial charge in [0.1, 0.15) is 5.60 Å². The second kappa shape index (κ2) is 5.73. The van der Waals surface area contributed by atoms with Gasteiger partial charge in [-0.25, -0.2) is 4.79 Å². The van der Waals surface area contributed by atoms with Gasteiger partial charge in [-0.15, -0.1) is 12.4 Å². The number of carbonyl (C=O) groups is 1. The lowest BCUT2D eigenvalue weighted by atomic mass is 10.00. The molecular weight excluding hydrogens is 228 g/mol. The molecule has 0 aliphatic carbocycles. The van der Waals surface area contributed by atoms with E-state index in [0.717, 1.165) is 12.8 Å². The number of likely N-dealkylation sites (tertiary alicyclic amines) is 1. The molecule has 4 nitrogen and oxygen atoms in total. The van der Waals surface area contributed by atoms with Gasteiger partial charge in [0, 0.05) is 18.6 Å². The first-order valence-electron chi connectivity index (χ1n) is 5.55. The molecule has 0 saturated carbocycles. The summed E-state index contributed by atoms with van der Waals surface area (Å²) in [6.07, 6.45) is 1.50. The first kappa shape index (κ1) is 15.5. The zero-order chi connectivity index (χ0) is 11.6. The Balaban J connectivity index is 0.00000225. The third-order valence-electron chi connectivity index (χ3n) is 2.54. The molecule has 1 aliphatic heterocycles. The minimum Gasteiger partial charge on any atom is -0.444 e. The van der Waals surface area contributed by atoms with Crippen molar-refractivity contribution >= 4 is 18.5 Å². The topological polar surface area (TPSA) is 55.6 Å². The van der Waals surface area contributed by atoms with Crippen molar-refractivity contribution in [1.82, 2.24) is 4.90 Å². The van der Waals surface area contributed by atoms with Crippen LogP contribution in [0.25, 0.3) is 0 Å². The summed E-state index contributed by atoms with van der Waals surface area (Å²) in [4.78, 5) is 13.6. The van der Waals surface area contributed by atoms with Crippen LogP contribution in [0.2, 0.25) is 0 Å². The smallest absolute Gasteiger partial charge is 0.410 e. The summed E-state index contributed by atoms with van der Waals surface area (Å²) in [5, 5.41) is 0. The summed E-state index contributed by atoms with van der Waals surface area (Å²) in [6, 6.07) is 0.405. The molecule has 1 saturated heterocycles. The maximum absolute atomic E-state index is 11.8. The molecule has 1 rings (SSSR count). The third-order valence-corrected chi connectivity index (χ3v) is 2.54. The van der Waals surface area contributed by atoms with Gasteiger partial charge in [-0.1, -0.05) is 0 Å². The van der Waals surface area contributed by atoms with Crippen molar-refractivity contribution in [2.24, 2.45) is 5.73 Å². The Hall–Kier alpha value is -0.480.